The summed E-state index contributed by atoms with van der Waals surface area (Å²) in [5.41, 5.74) is 4.64. The Kier molecular flexibility index (Phi) is 6.63. The van der Waals surface area contributed by atoms with E-state index in [1.54, 1.807) is 7.11 Å². The molecule has 0 bridgehead atoms. The lowest BCUT2D eigenvalue weighted by molar-refractivity contribution is -0.121. The van der Waals surface area contributed by atoms with Gasteiger partial charge in [-0.25, -0.2) is 0 Å². The number of anilines is 1. The first-order valence-electron chi connectivity index (χ1n) is 12.1. The van der Waals surface area contributed by atoms with Crippen molar-refractivity contribution in [1.29, 1.82) is 0 Å². The van der Waals surface area contributed by atoms with Crippen LogP contribution in [0.1, 0.15) is 24.1 Å². The van der Waals surface area contributed by atoms with Crippen molar-refractivity contribution >= 4 is 11.6 Å². The molecule has 2 N–H and O–H groups in total. The number of ether oxygens (including phenoxy) is 3. The highest BCUT2D eigenvalue weighted by molar-refractivity contribution is 5.95. The van der Waals surface area contributed by atoms with Gasteiger partial charge in [-0.05, 0) is 81.2 Å². The zero-order chi connectivity index (χ0) is 24.4. The van der Waals surface area contributed by atoms with Gasteiger partial charge in [-0.3, -0.25) is 9.89 Å². The molecule has 2 unspecified atom stereocenters. The Morgan fingerprint density at radius 3 is 2.91 bits per heavy atom. The molecule has 1 saturated heterocycles. The van der Waals surface area contributed by atoms with Crippen LogP contribution in [-0.2, 0) is 11.2 Å². The van der Waals surface area contributed by atoms with Gasteiger partial charge >= 0.3 is 0 Å². The number of rotatable bonds is 6. The molecule has 2 aromatic carbocycles. The van der Waals surface area contributed by atoms with Crippen LogP contribution in [0.3, 0.4) is 0 Å². The number of carbonyl (C=O) groups excluding carboxylic acids is 1. The van der Waals surface area contributed by atoms with E-state index in [1.807, 2.05) is 49.5 Å². The summed E-state index contributed by atoms with van der Waals surface area (Å²) in [7, 11) is 3.75. The lowest BCUT2D eigenvalue weighted by Crippen LogP contribution is -2.38. The second-order valence-corrected chi connectivity index (χ2v) is 9.44. The summed E-state index contributed by atoms with van der Waals surface area (Å²) in [6, 6.07) is 11.6. The highest BCUT2D eigenvalue weighted by atomic mass is 16.5. The number of likely N-dealkylation sites (N-methyl/N-ethyl adjacent to an activating group) is 1. The SMILES string of the molecule is COc1ccc2c(c1)CC(C(=O)Nc1ccc(-c3cn[nH]c3C)cc1OC1CCCN(C)C1)CO2. The number of methoxy groups -OCH3 is 1. The molecule has 35 heavy (non-hydrogen) atoms. The molecule has 1 aromatic heterocycles. The quantitative estimate of drug-likeness (QED) is 0.558. The van der Waals surface area contributed by atoms with Gasteiger partial charge in [0.2, 0.25) is 5.91 Å². The molecule has 2 atom stereocenters. The Morgan fingerprint density at radius 2 is 2.14 bits per heavy atom. The predicted molar refractivity (Wildman–Crippen MR) is 134 cm³/mol. The number of piperidine rings is 1. The van der Waals surface area contributed by atoms with E-state index in [2.05, 4.69) is 27.5 Å². The van der Waals surface area contributed by atoms with Crippen molar-refractivity contribution in [2.75, 3.05) is 39.2 Å². The van der Waals surface area contributed by atoms with Gasteiger partial charge in [0.25, 0.3) is 0 Å². The molecule has 184 valence electrons. The summed E-state index contributed by atoms with van der Waals surface area (Å²) in [5.74, 6) is 1.85. The van der Waals surface area contributed by atoms with Crippen LogP contribution in [0.4, 0.5) is 5.69 Å². The van der Waals surface area contributed by atoms with Crippen LogP contribution >= 0.6 is 0 Å². The molecule has 3 aromatic rings. The number of hydrogen-bond donors (Lipinski definition) is 2. The molecule has 0 saturated carbocycles. The Bertz CT molecular complexity index is 1210. The number of aryl methyl sites for hydroxylation is 1. The van der Waals surface area contributed by atoms with Gasteiger partial charge < -0.3 is 24.4 Å². The highest BCUT2D eigenvalue weighted by Gasteiger charge is 2.28. The van der Waals surface area contributed by atoms with Gasteiger partial charge in [0, 0.05) is 17.8 Å². The molecule has 1 amide bonds. The van der Waals surface area contributed by atoms with Crippen LogP contribution in [0.2, 0.25) is 0 Å². The van der Waals surface area contributed by atoms with Crippen molar-refractivity contribution in [1.82, 2.24) is 15.1 Å². The number of hydrogen-bond acceptors (Lipinski definition) is 6. The normalized spacial score (nSPS) is 20.0. The monoisotopic (exact) mass is 476 g/mol. The predicted octanol–water partition coefficient (Wildman–Crippen LogP) is 4.06. The maximum absolute atomic E-state index is 13.3. The summed E-state index contributed by atoms with van der Waals surface area (Å²) >= 11 is 0. The number of amides is 1. The molecule has 3 heterocycles. The second kappa shape index (κ2) is 10.00. The molecule has 0 spiro atoms. The molecule has 8 nitrogen and oxygen atoms in total. The standard InChI is InChI=1S/C27H32N4O4/c1-17-23(14-28-30-17)18-6-8-24(26(13-18)35-22-5-4-10-31(2)15-22)29-27(32)20-11-19-12-21(33-3)7-9-25(19)34-16-20/h6-9,12-14,20,22H,4-5,10-11,15-16H2,1-3H3,(H,28,30)(H,29,32). The summed E-state index contributed by atoms with van der Waals surface area (Å²) in [4.78, 5) is 15.6. The maximum atomic E-state index is 13.3. The van der Waals surface area contributed by atoms with Crippen molar-refractivity contribution in [2.45, 2.75) is 32.3 Å². The second-order valence-electron chi connectivity index (χ2n) is 9.44. The Morgan fingerprint density at radius 1 is 1.26 bits per heavy atom. The van der Waals surface area contributed by atoms with Crippen molar-refractivity contribution in [3.05, 3.63) is 53.9 Å². The third-order valence-electron chi connectivity index (χ3n) is 6.80. The van der Waals surface area contributed by atoms with E-state index < -0.39 is 0 Å². The van der Waals surface area contributed by atoms with Crippen molar-refractivity contribution < 1.29 is 19.0 Å². The van der Waals surface area contributed by atoms with Crippen LogP contribution < -0.4 is 19.5 Å². The average Bonchev–Trinajstić information content (AvgIpc) is 3.30. The van der Waals surface area contributed by atoms with Gasteiger partial charge in [0.15, 0.2) is 0 Å². The Labute approximate surface area is 205 Å². The first kappa shape index (κ1) is 23.2. The van der Waals surface area contributed by atoms with Gasteiger partial charge in [-0.1, -0.05) is 6.07 Å². The summed E-state index contributed by atoms with van der Waals surface area (Å²) in [6.45, 7) is 4.26. The summed E-state index contributed by atoms with van der Waals surface area (Å²) < 4.78 is 17.7. The number of nitrogens with one attached hydrogen (secondary N) is 2. The third-order valence-corrected chi connectivity index (χ3v) is 6.80. The smallest absolute Gasteiger partial charge is 0.231 e. The van der Waals surface area contributed by atoms with E-state index in [1.165, 1.54) is 0 Å². The van der Waals surface area contributed by atoms with Gasteiger partial charge in [-0.15, -0.1) is 0 Å². The first-order chi connectivity index (χ1) is 17.0. The highest BCUT2D eigenvalue weighted by Crippen LogP contribution is 2.35. The van der Waals surface area contributed by atoms with Crippen LogP contribution in [0.15, 0.2) is 42.6 Å². The molecule has 5 rings (SSSR count). The van der Waals surface area contributed by atoms with Gasteiger partial charge in [0.05, 0.1) is 24.9 Å². The fourth-order valence-electron chi connectivity index (χ4n) is 4.83. The molecular weight excluding hydrogens is 444 g/mol. The molecular formula is C27H32N4O4. The number of nitrogens with zero attached hydrogens (tertiary/aromatic N) is 2. The molecule has 2 aliphatic rings. The van der Waals surface area contributed by atoms with E-state index in [9.17, 15) is 4.79 Å². The summed E-state index contributed by atoms with van der Waals surface area (Å²) in [5, 5.41) is 10.3. The molecule has 0 radical (unpaired) electrons. The van der Waals surface area contributed by atoms with Crippen molar-refractivity contribution in [3.63, 3.8) is 0 Å². The minimum Gasteiger partial charge on any atom is -0.497 e. The van der Waals surface area contributed by atoms with Gasteiger partial charge in [0.1, 0.15) is 30.0 Å². The largest absolute Gasteiger partial charge is 0.497 e. The topological polar surface area (TPSA) is 88.7 Å². The minimum absolute atomic E-state index is 0.0717. The lowest BCUT2D eigenvalue weighted by atomic mass is 9.95. The van der Waals surface area contributed by atoms with Crippen LogP contribution in [0, 0.1) is 12.8 Å². The number of likely N-dealkylation sites (tertiary alicyclic amines) is 1. The summed E-state index contributed by atoms with van der Waals surface area (Å²) in [6.07, 6.45) is 4.55. The van der Waals surface area contributed by atoms with E-state index in [0.717, 1.165) is 59.8 Å². The first-order valence-corrected chi connectivity index (χ1v) is 12.1. The third kappa shape index (κ3) is 5.12. The Balaban J connectivity index is 1.37. The molecule has 8 heteroatoms. The Hall–Kier alpha value is -3.52. The zero-order valence-electron chi connectivity index (χ0n) is 20.5. The lowest BCUT2D eigenvalue weighted by Gasteiger charge is -2.31. The fraction of sp³-hybridized carbons (Fsp3) is 0.407. The van der Waals surface area contributed by atoms with Crippen molar-refractivity contribution in [3.8, 4) is 28.4 Å². The van der Waals surface area contributed by atoms with Crippen LogP contribution in [0.25, 0.3) is 11.1 Å². The number of H-pyrrole nitrogens is 1. The number of fused-ring (bicyclic) bond motifs is 1. The van der Waals surface area contributed by atoms with Crippen molar-refractivity contribution in [2.24, 2.45) is 5.92 Å². The zero-order valence-corrected chi connectivity index (χ0v) is 20.5. The van der Waals surface area contributed by atoms with Gasteiger partial charge in [-0.2, -0.15) is 5.10 Å². The van der Waals surface area contributed by atoms with E-state index in [-0.39, 0.29) is 17.9 Å². The number of aromatic amines is 1. The molecule has 1 fully saturated rings. The number of benzene rings is 2. The van der Waals surface area contributed by atoms with Crippen LogP contribution in [-0.4, -0.2) is 61.0 Å². The minimum atomic E-state index is -0.306. The van der Waals surface area contributed by atoms with E-state index in [0.29, 0.717) is 24.5 Å². The maximum Gasteiger partial charge on any atom is 0.231 e. The fourth-order valence-corrected chi connectivity index (χ4v) is 4.83. The average molecular weight is 477 g/mol. The molecule has 2 aliphatic heterocycles. The number of carbonyl (C=O) groups is 1. The van der Waals surface area contributed by atoms with E-state index >= 15 is 0 Å². The van der Waals surface area contributed by atoms with Crippen LogP contribution in [0.5, 0.6) is 17.2 Å². The van der Waals surface area contributed by atoms with E-state index in [4.69, 9.17) is 14.2 Å². The number of aromatic nitrogens is 2. The molecule has 0 aliphatic carbocycles.